The van der Waals surface area contributed by atoms with E-state index < -0.39 is 0 Å². The van der Waals surface area contributed by atoms with E-state index in [4.69, 9.17) is 18.6 Å². The highest BCUT2D eigenvalue weighted by atomic mass is 32.2. The molecule has 1 heterocycles. The summed E-state index contributed by atoms with van der Waals surface area (Å²) in [4.78, 5) is 12.1. The highest BCUT2D eigenvalue weighted by molar-refractivity contribution is 7.99. The lowest BCUT2D eigenvalue weighted by Crippen LogP contribution is -2.12. The first-order chi connectivity index (χ1) is 14.1. The number of nitrogens with zero attached hydrogens (tertiary/aromatic N) is 2. The van der Waals surface area contributed by atoms with Crippen LogP contribution in [0.2, 0.25) is 0 Å². The molecule has 0 radical (unpaired) electrons. The lowest BCUT2D eigenvalue weighted by atomic mass is 10.2. The van der Waals surface area contributed by atoms with Crippen LogP contribution in [0.5, 0.6) is 17.2 Å². The fourth-order valence-corrected chi connectivity index (χ4v) is 3.21. The molecule has 0 aliphatic heterocycles. The van der Waals surface area contributed by atoms with Crippen LogP contribution in [0.1, 0.15) is 6.42 Å². The van der Waals surface area contributed by atoms with Crippen molar-refractivity contribution >= 4 is 23.4 Å². The monoisotopic (exact) mass is 415 g/mol. The number of hydrogen-bond acceptors (Lipinski definition) is 8. The van der Waals surface area contributed by atoms with Gasteiger partial charge in [-0.1, -0.05) is 17.8 Å². The van der Waals surface area contributed by atoms with Crippen molar-refractivity contribution < 1.29 is 23.4 Å². The summed E-state index contributed by atoms with van der Waals surface area (Å²) in [7, 11) is 4.72. The van der Waals surface area contributed by atoms with Crippen LogP contribution in [0, 0.1) is 0 Å². The minimum absolute atomic E-state index is 0.106. The van der Waals surface area contributed by atoms with E-state index >= 15 is 0 Å². The van der Waals surface area contributed by atoms with Crippen LogP contribution in [0.15, 0.2) is 52.1 Å². The highest BCUT2D eigenvalue weighted by Gasteiger charge is 2.13. The van der Waals surface area contributed by atoms with Gasteiger partial charge >= 0.3 is 0 Å². The van der Waals surface area contributed by atoms with Gasteiger partial charge in [0.05, 0.1) is 21.3 Å². The maximum absolute atomic E-state index is 12.1. The topological polar surface area (TPSA) is 95.7 Å². The SMILES string of the molecule is COc1cccc(NC(=O)CCSc2nnc(-c3ccc(OC)c(OC)c3)o2)c1. The van der Waals surface area contributed by atoms with E-state index in [2.05, 4.69) is 15.5 Å². The molecule has 0 saturated heterocycles. The molecule has 1 N–H and O–H groups in total. The second-order valence-corrected chi connectivity index (χ2v) is 6.87. The van der Waals surface area contributed by atoms with Crippen LogP contribution < -0.4 is 19.5 Å². The standard InChI is InChI=1S/C20H21N3O5S/c1-25-15-6-4-5-14(12-15)21-18(24)9-10-29-20-23-22-19(28-20)13-7-8-16(26-2)17(11-13)27-3/h4-8,11-12H,9-10H2,1-3H3,(H,21,24). The number of thioether (sulfide) groups is 1. The average molecular weight is 415 g/mol. The smallest absolute Gasteiger partial charge is 0.276 e. The van der Waals surface area contributed by atoms with Gasteiger partial charge in [0.2, 0.25) is 11.8 Å². The minimum Gasteiger partial charge on any atom is -0.497 e. The highest BCUT2D eigenvalue weighted by Crippen LogP contribution is 2.32. The van der Waals surface area contributed by atoms with Gasteiger partial charge in [0, 0.05) is 29.5 Å². The van der Waals surface area contributed by atoms with Crippen molar-refractivity contribution in [2.75, 3.05) is 32.4 Å². The first-order valence-corrected chi connectivity index (χ1v) is 9.74. The summed E-state index contributed by atoms with van der Waals surface area (Å²) >= 11 is 1.32. The van der Waals surface area contributed by atoms with Gasteiger partial charge in [0.1, 0.15) is 5.75 Å². The van der Waals surface area contributed by atoms with Crippen molar-refractivity contribution in [3.05, 3.63) is 42.5 Å². The maximum Gasteiger partial charge on any atom is 0.276 e. The molecule has 0 aliphatic rings. The molecule has 1 amide bonds. The normalized spacial score (nSPS) is 10.4. The summed E-state index contributed by atoms with van der Waals surface area (Å²) in [5.74, 6) is 2.65. The third-order valence-corrected chi connectivity index (χ3v) is 4.77. The average Bonchev–Trinajstić information content (AvgIpc) is 3.22. The van der Waals surface area contributed by atoms with Gasteiger partial charge in [-0.15, -0.1) is 10.2 Å². The molecule has 3 rings (SSSR count). The molecule has 0 bridgehead atoms. The number of carbonyl (C=O) groups excluding carboxylic acids is 1. The Labute approximate surface area is 172 Å². The second-order valence-electron chi connectivity index (χ2n) is 5.82. The van der Waals surface area contributed by atoms with Gasteiger partial charge in [-0.05, 0) is 30.3 Å². The zero-order valence-electron chi connectivity index (χ0n) is 16.3. The van der Waals surface area contributed by atoms with Crippen LogP contribution in [0.3, 0.4) is 0 Å². The zero-order chi connectivity index (χ0) is 20.6. The van der Waals surface area contributed by atoms with Crippen LogP contribution in [0.25, 0.3) is 11.5 Å². The molecule has 2 aromatic carbocycles. The predicted octanol–water partition coefficient (Wildman–Crippen LogP) is 3.88. The molecule has 0 aliphatic carbocycles. The molecule has 0 saturated carbocycles. The zero-order valence-corrected chi connectivity index (χ0v) is 17.1. The van der Waals surface area contributed by atoms with Crippen LogP contribution in [-0.2, 0) is 4.79 Å². The number of methoxy groups -OCH3 is 3. The number of nitrogens with one attached hydrogen (secondary N) is 1. The first-order valence-electron chi connectivity index (χ1n) is 8.75. The van der Waals surface area contributed by atoms with Crippen molar-refractivity contribution in [1.29, 1.82) is 0 Å². The summed E-state index contributed by atoms with van der Waals surface area (Å²) < 4.78 is 21.3. The second kappa shape index (κ2) is 9.83. The van der Waals surface area contributed by atoms with Crippen molar-refractivity contribution in [1.82, 2.24) is 10.2 Å². The molecule has 0 fully saturated rings. The van der Waals surface area contributed by atoms with Gasteiger partial charge in [-0.25, -0.2) is 0 Å². The number of benzene rings is 2. The van der Waals surface area contributed by atoms with Crippen LogP contribution in [0.4, 0.5) is 5.69 Å². The summed E-state index contributed by atoms with van der Waals surface area (Å²) in [6, 6.07) is 12.6. The van der Waals surface area contributed by atoms with Crippen LogP contribution in [-0.4, -0.2) is 43.2 Å². The molecule has 0 spiro atoms. The number of ether oxygens (including phenoxy) is 3. The summed E-state index contributed by atoms with van der Waals surface area (Å²) in [5.41, 5.74) is 1.41. The van der Waals surface area contributed by atoms with Crippen molar-refractivity contribution in [3.63, 3.8) is 0 Å². The first kappa shape index (κ1) is 20.5. The number of aromatic nitrogens is 2. The van der Waals surface area contributed by atoms with Gasteiger partial charge in [0.15, 0.2) is 11.5 Å². The van der Waals surface area contributed by atoms with E-state index in [-0.39, 0.29) is 5.91 Å². The fourth-order valence-electron chi connectivity index (χ4n) is 2.51. The molecule has 0 unspecified atom stereocenters. The quantitative estimate of drug-likeness (QED) is 0.526. The molecule has 0 atom stereocenters. The van der Waals surface area contributed by atoms with E-state index in [1.54, 1.807) is 45.6 Å². The Morgan fingerprint density at radius 3 is 2.62 bits per heavy atom. The Balaban J connectivity index is 1.53. The van der Waals surface area contributed by atoms with Gasteiger partial charge < -0.3 is 23.9 Å². The molecule has 29 heavy (non-hydrogen) atoms. The van der Waals surface area contributed by atoms with E-state index in [1.165, 1.54) is 11.8 Å². The van der Waals surface area contributed by atoms with Crippen molar-refractivity contribution in [2.24, 2.45) is 0 Å². The van der Waals surface area contributed by atoms with E-state index in [9.17, 15) is 4.79 Å². The van der Waals surface area contributed by atoms with E-state index in [0.29, 0.717) is 46.2 Å². The van der Waals surface area contributed by atoms with Crippen molar-refractivity contribution in [3.8, 4) is 28.7 Å². The Morgan fingerprint density at radius 1 is 1.03 bits per heavy atom. The number of hydrogen-bond donors (Lipinski definition) is 1. The maximum atomic E-state index is 12.1. The van der Waals surface area contributed by atoms with Gasteiger partial charge in [-0.3, -0.25) is 4.79 Å². The molecule has 152 valence electrons. The molecule has 8 nitrogen and oxygen atoms in total. The van der Waals surface area contributed by atoms with Crippen molar-refractivity contribution in [2.45, 2.75) is 11.6 Å². The Morgan fingerprint density at radius 2 is 1.86 bits per heavy atom. The van der Waals surface area contributed by atoms with Gasteiger partial charge in [0.25, 0.3) is 5.22 Å². The molecular formula is C20H21N3O5S. The fraction of sp³-hybridized carbons (Fsp3) is 0.250. The summed E-state index contributed by atoms with van der Waals surface area (Å²) in [5, 5.41) is 11.3. The summed E-state index contributed by atoms with van der Waals surface area (Å²) in [6.45, 7) is 0. The molecule has 1 aromatic heterocycles. The molecular weight excluding hydrogens is 394 g/mol. The van der Waals surface area contributed by atoms with Gasteiger partial charge in [-0.2, -0.15) is 0 Å². The van der Waals surface area contributed by atoms with E-state index in [0.717, 1.165) is 5.56 Å². The number of amides is 1. The predicted molar refractivity (Wildman–Crippen MR) is 110 cm³/mol. The Hall–Kier alpha value is -3.20. The summed E-state index contributed by atoms with van der Waals surface area (Å²) in [6.07, 6.45) is 0.302. The molecule has 9 heteroatoms. The van der Waals surface area contributed by atoms with Crippen LogP contribution >= 0.6 is 11.8 Å². The lowest BCUT2D eigenvalue weighted by Gasteiger charge is -2.07. The minimum atomic E-state index is -0.106. The Bertz CT molecular complexity index is 976. The lowest BCUT2D eigenvalue weighted by molar-refractivity contribution is -0.115. The number of carbonyl (C=O) groups is 1. The Kier molecular flexibility index (Phi) is 6.96. The number of rotatable bonds is 9. The third kappa shape index (κ3) is 5.41. The number of anilines is 1. The van der Waals surface area contributed by atoms with E-state index in [1.807, 2.05) is 18.2 Å². The molecule has 3 aromatic rings. The third-order valence-electron chi connectivity index (χ3n) is 3.95. The largest absolute Gasteiger partial charge is 0.497 e.